The van der Waals surface area contributed by atoms with E-state index in [0.717, 1.165) is 0 Å². The number of nitrogen functional groups attached to an aromatic ring is 1. The van der Waals surface area contributed by atoms with Crippen LogP contribution in [0.3, 0.4) is 0 Å². The molecule has 0 bridgehead atoms. The molecule has 20 heavy (non-hydrogen) atoms. The third-order valence-electron chi connectivity index (χ3n) is 3.04. The van der Waals surface area contributed by atoms with Crippen molar-refractivity contribution in [1.29, 1.82) is 0 Å². The molecular formula is C14H9Cl2N3O. The van der Waals surface area contributed by atoms with E-state index in [0.29, 0.717) is 32.9 Å². The van der Waals surface area contributed by atoms with Crippen molar-refractivity contribution in [3.05, 3.63) is 57.8 Å². The number of halogens is 2. The minimum atomic E-state index is -0.247. The number of rotatable bonds is 2. The summed E-state index contributed by atoms with van der Waals surface area (Å²) in [6, 6.07) is 6.59. The number of ketones is 1. The van der Waals surface area contributed by atoms with Gasteiger partial charge in [0, 0.05) is 23.3 Å². The monoisotopic (exact) mass is 305 g/mol. The molecule has 0 fully saturated rings. The van der Waals surface area contributed by atoms with Crippen LogP contribution in [0.4, 0.5) is 5.69 Å². The van der Waals surface area contributed by atoms with Gasteiger partial charge in [0.2, 0.25) is 0 Å². The van der Waals surface area contributed by atoms with Gasteiger partial charge in [0.1, 0.15) is 5.65 Å². The maximum atomic E-state index is 12.6. The lowest BCUT2D eigenvalue weighted by molar-refractivity contribution is 0.104. The Labute approximate surface area is 124 Å². The first kappa shape index (κ1) is 13.0. The molecule has 0 spiro atoms. The van der Waals surface area contributed by atoms with Gasteiger partial charge in [0.25, 0.3) is 0 Å². The normalized spacial score (nSPS) is 10.9. The predicted molar refractivity (Wildman–Crippen MR) is 80.4 cm³/mol. The second kappa shape index (κ2) is 4.81. The van der Waals surface area contributed by atoms with Gasteiger partial charge in [-0.2, -0.15) is 0 Å². The van der Waals surface area contributed by atoms with Crippen molar-refractivity contribution in [2.45, 2.75) is 0 Å². The Hall–Kier alpha value is -2.04. The lowest BCUT2D eigenvalue weighted by Gasteiger charge is -2.05. The summed E-state index contributed by atoms with van der Waals surface area (Å²) in [6.45, 7) is 0. The summed E-state index contributed by atoms with van der Waals surface area (Å²) >= 11 is 12.2. The van der Waals surface area contributed by atoms with E-state index in [4.69, 9.17) is 28.9 Å². The zero-order valence-corrected chi connectivity index (χ0v) is 11.7. The van der Waals surface area contributed by atoms with Gasteiger partial charge < -0.3 is 10.7 Å². The molecule has 4 nitrogen and oxygen atoms in total. The fourth-order valence-corrected chi connectivity index (χ4v) is 2.53. The van der Waals surface area contributed by atoms with Crippen LogP contribution in [-0.4, -0.2) is 15.8 Å². The van der Waals surface area contributed by atoms with E-state index in [9.17, 15) is 4.79 Å². The summed E-state index contributed by atoms with van der Waals surface area (Å²) in [7, 11) is 0. The number of nitrogens with zero attached hydrogens (tertiary/aromatic N) is 1. The number of anilines is 1. The summed E-state index contributed by atoms with van der Waals surface area (Å²) in [5.74, 6) is -0.247. The van der Waals surface area contributed by atoms with Gasteiger partial charge >= 0.3 is 0 Å². The quantitative estimate of drug-likeness (QED) is 0.560. The topological polar surface area (TPSA) is 71.8 Å². The first-order valence-electron chi connectivity index (χ1n) is 5.80. The molecule has 3 rings (SSSR count). The van der Waals surface area contributed by atoms with Crippen molar-refractivity contribution in [3.8, 4) is 0 Å². The van der Waals surface area contributed by atoms with Crippen LogP contribution >= 0.6 is 23.2 Å². The van der Waals surface area contributed by atoms with Crippen LogP contribution in [0.25, 0.3) is 11.0 Å². The lowest BCUT2D eigenvalue weighted by atomic mass is 10.0. The fourth-order valence-electron chi connectivity index (χ4n) is 2.07. The van der Waals surface area contributed by atoms with E-state index in [-0.39, 0.29) is 10.8 Å². The van der Waals surface area contributed by atoms with Crippen molar-refractivity contribution >= 4 is 45.7 Å². The molecule has 0 radical (unpaired) electrons. The number of hydrogen-bond donors (Lipinski definition) is 2. The SMILES string of the molecule is Nc1cccc(C(=O)c2c[nH]c3nccc(Cl)c23)c1Cl. The van der Waals surface area contributed by atoms with Gasteiger partial charge in [-0.05, 0) is 18.2 Å². The lowest BCUT2D eigenvalue weighted by Crippen LogP contribution is -2.03. The van der Waals surface area contributed by atoms with Crippen LogP contribution in [0, 0.1) is 0 Å². The Morgan fingerprint density at radius 1 is 1.20 bits per heavy atom. The van der Waals surface area contributed by atoms with Gasteiger partial charge in [-0.15, -0.1) is 0 Å². The first-order chi connectivity index (χ1) is 9.59. The second-order valence-corrected chi connectivity index (χ2v) is 5.04. The minimum absolute atomic E-state index is 0.242. The van der Waals surface area contributed by atoms with E-state index >= 15 is 0 Å². The summed E-state index contributed by atoms with van der Waals surface area (Å²) in [5, 5.41) is 1.28. The number of fused-ring (bicyclic) bond motifs is 1. The summed E-state index contributed by atoms with van der Waals surface area (Å²) in [6.07, 6.45) is 3.15. The fraction of sp³-hybridized carbons (Fsp3) is 0. The van der Waals surface area contributed by atoms with Gasteiger partial charge in [0.15, 0.2) is 5.78 Å². The number of hydrogen-bond acceptors (Lipinski definition) is 3. The van der Waals surface area contributed by atoms with E-state index in [2.05, 4.69) is 9.97 Å². The molecule has 3 N–H and O–H groups in total. The third-order valence-corrected chi connectivity index (χ3v) is 3.78. The molecular weight excluding hydrogens is 297 g/mol. The van der Waals surface area contributed by atoms with Crippen molar-refractivity contribution < 1.29 is 4.79 Å². The highest BCUT2D eigenvalue weighted by atomic mass is 35.5. The Bertz CT molecular complexity index is 826. The molecule has 0 aliphatic heterocycles. The van der Waals surface area contributed by atoms with Crippen molar-refractivity contribution in [2.75, 3.05) is 5.73 Å². The van der Waals surface area contributed by atoms with Gasteiger partial charge in [-0.1, -0.05) is 29.3 Å². The van der Waals surface area contributed by atoms with Crippen LogP contribution in [-0.2, 0) is 0 Å². The largest absolute Gasteiger partial charge is 0.398 e. The van der Waals surface area contributed by atoms with Gasteiger partial charge in [-0.3, -0.25) is 4.79 Å². The number of pyridine rings is 1. The van der Waals surface area contributed by atoms with Crippen molar-refractivity contribution in [2.24, 2.45) is 0 Å². The zero-order chi connectivity index (χ0) is 14.3. The molecule has 1 aromatic carbocycles. The molecule has 0 atom stereocenters. The highest BCUT2D eigenvalue weighted by molar-refractivity contribution is 6.39. The van der Waals surface area contributed by atoms with E-state index < -0.39 is 0 Å². The second-order valence-electron chi connectivity index (χ2n) is 4.26. The maximum Gasteiger partial charge on any atom is 0.196 e. The Morgan fingerprint density at radius 3 is 2.80 bits per heavy atom. The van der Waals surface area contributed by atoms with E-state index in [1.54, 1.807) is 36.7 Å². The van der Waals surface area contributed by atoms with Crippen LogP contribution in [0.1, 0.15) is 15.9 Å². The van der Waals surface area contributed by atoms with E-state index in [1.807, 2.05) is 0 Å². The molecule has 3 aromatic rings. The Balaban J connectivity index is 2.21. The predicted octanol–water partition coefficient (Wildman–Crippen LogP) is 3.68. The number of nitrogens with two attached hydrogens (primary N) is 1. The number of aromatic amines is 1. The molecule has 0 saturated heterocycles. The van der Waals surface area contributed by atoms with Crippen LogP contribution < -0.4 is 5.73 Å². The number of aromatic nitrogens is 2. The maximum absolute atomic E-state index is 12.6. The number of carbonyl (C=O) groups is 1. The summed E-state index contributed by atoms with van der Waals surface area (Å²) < 4.78 is 0. The molecule has 0 unspecified atom stereocenters. The molecule has 6 heteroatoms. The molecule has 0 saturated carbocycles. The average Bonchev–Trinajstić information content (AvgIpc) is 2.86. The number of H-pyrrole nitrogens is 1. The molecule has 2 aromatic heterocycles. The number of nitrogens with one attached hydrogen (secondary N) is 1. The molecule has 2 heterocycles. The summed E-state index contributed by atoms with van der Waals surface area (Å²) in [5.41, 5.74) is 7.41. The first-order valence-corrected chi connectivity index (χ1v) is 6.55. The Kier molecular flexibility index (Phi) is 3.12. The Morgan fingerprint density at radius 2 is 2.00 bits per heavy atom. The average molecular weight is 306 g/mol. The van der Waals surface area contributed by atoms with Crippen LogP contribution in [0.15, 0.2) is 36.7 Å². The van der Waals surface area contributed by atoms with E-state index in [1.165, 1.54) is 0 Å². The molecule has 0 aliphatic carbocycles. The molecule has 100 valence electrons. The number of benzene rings is 1. The zero-order valence-electron chi connectivity index (χ0n) is 10.2. The standard InChI is InChI=1S/C14H9Cl2N3O/c15-9-4-5-18-14-11(9)8(6-19-14)13(20)7-2-1-3-10(17)12(7)16/h1-6H,17H2,(H,18,19). The molecule has 0 amide bonds. The van der Waals surface area contributed by atoms with Crippen molar-refractivity contribution in [1.82, 2.24) is 9.97 Å². The highest BCUT2D eigenvalue weighted by Crippen LogP contribution is 2.30. The summed E-state index contributed by atoms with van der Waals surface area (Å²) in [4.78, 5) is 19.7. The number of carbonyl (C=O) groups excluding carboxylic acids is 1. The molecule has 0 aliphatic rings. The minimum Gasteiger partial charge on any atom is -0.398 e. The van der Waals surface area contributed by atoms with Gasteiger partial charge in [-0.25, -0.2) is 4.98 Å². The van der Waals surface area contributed by atoms with Gasteiger partial charge in [0.05, 0.1) is 21.3 Å². The highest BCUT2D eigenvalue weighted by Gasteiger charge is 2.19. The van der Waals surface area contributed by atoms with Crippen molar-refractivity contribution in [3.63, 3.8) is 0 Å². The third kappa shape index (κ3) is 1.94. The smallest absolute Gasteiger partial charge is 0.196 e. The van der Waals surface area contributed by atoms with Crippen LogP contribution in [0.5, 0.6) is 0 Å². The van der Waals surface area contributed by atoms with Crippen LogP contribution in [0.2, 0.25) is 10.0 Å².